The summed E-state index contributed by atoms with van der Waals surface area (Å²) in [5.74, 6) is 1.54. The first kappa shape index (κ1) is 27.0. The molecule has 1 aliphatic rings. The van der Waals surface area contributed by atoms with Gasteiger partial charge in [-0.15, -0.1) is 0 Å². The molecule has 0 unspecified atom stereocenters. The zero-order chi connectivity index (χ0) is 25.9. The summed E-state index contributed by atoms with van der Waals surface area (Å²) in [5.41, 5.74) is 2.82. The Morgan fingerprint density at radius 1 is 1.03 bits per heavy atom. The van der Waals surface area contributed by atoms with Crippen LogP contribution in [-0.2, 0) is 27.4 Å². The fourth-order valence-corrected chi connectivity index (χ4v) is 4.06. The standard InChI is InChI=1S/C29H37N3O4/c1-6-26(34-8-3)27(7-2)35-21-24-12-9-11-23(19-24)20-31-15-17-32(18-16-31)28-25(13-10-14-30-28)29(33)36-22(4)5/h6-7,9-14,19,22H,1-2,8,15-18,20-21H2,3-5H3/b27-26-. The van der Waals surface area contributed by atoms with Crippen molar-refractivity contribution >= 4 is 11.8 Å². The molecule has 1 aromatic heterocycles. The average Bonchev–Trinajstić information content (AvgIpc) is 2.88. The number of aromatic nitrogens is 1. The highest BCUT2D eigenvalue weighted by Crippen LogP contribution is 2.22. The van der Waals surface area contributed by atoms with E-state index in [4.69, 9.17) is 14.2 Å². The number of anilines is 1. The molecule has 0 bridgehead atoms. The van der Waals surface area contributed by atoms with E-state index in [2.05, 4.69) is 52.2 Å². The van der Waals surface area contributed by atoms with Gasteiger partial charge in [0.15, 0.2) is 11.5 Å². The van der Waals surface area contributed by atoms with Crippen LogP contribution < -0.4 is 4.90 Å². The molecule has 0 radical (unpaired) electrons. The largest absolute Gasteiger partial charge is 0.490 e. The predicted octanol–water partition coefficient (Wildman–Crippen LogP) is 5.11. The summed E-state index contributed by atoms with van der Waals surface area (Å²) < 4.78 is 16.9. The molecule has 1 aliphatic heterocycles. The molecule has 192 valence electrons. The van der Waals surface area contributed by atoms with Crippen LogP contribution in [0.15, 0.2) is 79.4 Å². The highest BCUT2D eigenvalue weighted by molar-refractivity contribution is 5.94. The van der Waals surface area contributed by atoms with Crippen molar-refractivity contribution in [3.63, 3.8) is 0 Å². The molecule has 0 spiro atoms. The van der Waals surface area contributed by atoms with Crippen molar-refractivity contribution in [2.75, 3.05) is 37.7 Å². The first-order valence-corrected chi connectivity index (χ1v) is 12.4. The lowest BCUT2D eigenvalue weighted by molar-refractivity contribution is 0.0378. The summed E-state index contributed by atoms with van der Waals surface area (Å²) in [6.07, 6.45) is 4.83. The van der Waals surface area contributed by atoms with E-state index >= 15 is 0 Å². The Kier molecular flexibility index (Phi) is 10.1. The summed E-state index contributed by atoms with van der Waals surface area (Å²) in [6.45, 7) is 18.3. The van der Waals surface area contributed by atoms with Crippen LogP contribution in [0, 0.1) is 0 Å². The van der Waals surface area contributed by atoms with E-state index in [0.717, 1.165) is 38.3 Å². The van der Waals surface area contributed by atoms with Crippen molar-refractivity contribution in [1.82, 2.24) is 9.88 Å². The predicted molar refractivity (Wildman–Crippen MR) is 143 cm³/mol. The second-order valence-corrected chi connectivity index (χ2v) is 8.77. The molecule has 0 N–H and O–H groups in total. The van der Waals surface area contributed by atoms with Crippen LogP contribution in [0.5, 0.6) is 0 Å². The topological polar surface area (TPSA) is 64.1 Å². The summed E-state index contributed by atoms with van der Waals surface area (Å²) >= 11 is 0. The summed E-state index contributed by atoms with van der Waals surface area (Å²) in [4.78, 5) is 21.6. The van der Waals surface area contributed by atoms with Crippen molar-refractivity contribution in [2.45, 2.75) is 40.0 Å². The third-order valence-corrected chi connectivity index (χ3v) is 5.73. The maximum atomic E-state index is 12.5. The minimum absolute atomic E-state index is 0.170. The Balaban J connectivity index is 1.58. The molecule has 0 amide bonds. The summed E-state index contributed by atoms with van der Waals surface area (Å²) in [6, 6.07) is 12.0. The van der Waals surface area contributed by atoms with Crippen molar-refractivity contribution in [3.8, 4) is 0 Å². The number of carbonyl (C=O) groups is 1. The SMILES string of the molecule is C=C/C(OCC)=C(\C=C)OCc1cccc(CN2CCN(c3ncccc3C(=O)OC(C)C)CC2)c1. The number of carbonyl (C=O) groups excluding carboxylic acids is 1. The number of hydrogen-bond donors (Lipinski definition) is 0. The second-order valence-electron chi connectivity index (χ2n) is 8.77. The first-order valence-electron chi connectivity index (χ1n) is 12.4. The van der Waals surface area contributed by atoms with E-state index in [-0.39, 0.29) is 12.1 Å². The number of benzene rings is 1. The molecular weight excluding hydrogens is 454 g/mol. The minimum atomic E-state index is -0.328. The van der Waals surface area contributed by atoms with Crippen molar-refractivity contribution < 1.29 is 19.0 Å². The zero-order valence-electron chi connectivity index (χ0n) is 21.6. The van der Waals surface area contributed by atoms with Gasteiger partial charge in [-0.05, 0) is 56.2 Å². The maximum absolute atomic E-state index is 12.5. The Labute approximate surface area is 214 Å². The van der Waals surface area contributed by atoms with Crippen LogP contribution >= 0.6 is 0 Å². The lowest BCUT2D eigenvalue weighted by atomic mass is 10.1. The van der Waals surface area contributed by atoms with Crippen LogP contribution in [0.3, 0.4) is 0 Å². The summed E-state index contributed by atoms with van der Waals surface area (Å²) in [7, 11) is 0. The molecule has 1 fully saturated rings. The van der Waals surface area contributed by atoms with E-state index in [1.54, 1.807) is 30.5 Å². The lowest BCUT2D eigenvalue weighted by Crippen LogP contribution is -2.46. The second kappa shape index (κ2) is 13.5. The van der Waals surface area contributed by atoms with Crippen LogP contribution in [0.25, 0.3) is 0 Å². The van der Waals surface area contributed by atoms with Gasteiger partial charge in [0.1, 0.15) is 18.0 Å². The van der Waals surface area contributed by atoms with E-state index in [1.807, 2.05) is 20.8 Å². The Morgan fingerprint density at radius 3 is 2.39 bits per heavy atom. The number of pyridine rings is 1. The molecule has 1 aromatic carbocycles. The van der Waals surface area contributed by atoms with Gasteiger partial charge < -0.3 is 19.1 Å². The van der Waals surface area contributed by atoms with E-state index in [1.165, 1.54) is 5.56 Å². The van der Waals surface area contributed by atoms with E-state index in [0.29, 0.717) is 36.1 Å². The monoisotopic (exact) mass is 491 g/mol. The van der Waals surface area contributed by atoms with E-state index < -0.39 is 0 Å². The number of rotatable bonds is 12. The molecule has 36 heavy (non-hydrogen) atoms. The number of esters is 1. The van der Waals surface area contributed by atoms with Gasteiger partial charge in [-0.25, -0.2) is 9.78 Å². The van der Waals surface area contributed by atoms with Crippen molar-refractivity contribution in [2.24, 2.45) is 0 Å². The number of piperazine rings is 1. The molecular formula is C29H37N3O4. The minimum Gasteiger partial charge on any atom is -0.490 e. The van der Waals surface area contributed by atoms with Gasteiger partial charge in [-0.2, -0.15) is 0 Å². The van der Waals surface area contributed by atoms with Gasteiger partial charge in [-0.3, -0.25) is 4.90 Å². The van der Waals surface area contributed by atoms with Gasteiger partial charge in [0.2, 0.25) is 0 Å². The van der Waals surface area contributed by atoms with Gasteiger partial charge in [0, 0.05) is 38.9 Å². The Hall–Kier alpha value is -3.58. The number of hydrogen-bond acceptors (Lipinski definition) is 7. The highest BCUT2D eigenvalue weighted by atomic mass is 16.5. The fraction of sp³-hybridized carbons (Fsp3) is 0.379. The van der Waals surface area contributed by atoms with Gasteiger partial charge in [-0.1, -0.05) is 37.4 Å². The van der Waals surface area contributed by atoms with Crippen molar-refractivity contribution in [3.05, 3.63) is 96.1 Å². The molecule has 7 nitrogen and oxygen atoms in total. The number of nitrogens with zero attached hydrogens (tertiary/aromatic N) is 3. The molecule has 2 aromatic rings. The average molecular weight is 492 g/mol. The van der Waals surface area contributed by atoms with Gasteiger partial charge in [0.05, 0.1) is 12.7 Å². The third kappa shape index (κ3) is 7.46. The Bertz CT molecular complexity index is 1070. The van der Waals surface area contributed by atoms with Gasteiger partial charge in [0.25, 0.3) is 0 Å². The lowest BCUT2D eigenvalue weighted by Gasteiger charge is -2.36. The van der Waals surface area contributed by atoms with Crippen LogP contribution in [0.2, 0.25) is 0 Å². The molecule has 0 atom stereocenters. The van der Waals surface area contributed by atoms with Crippen LogP contribution in [0.4, 0.5) is 5.82 Å². The molecule has 0 aliphatic carbocycles. The van der Waals surface area contributed by atoms with Crippen LogP contribution in [0.1, 0.15) is 42.3 Å². The Morgan fingerprint density at radius 2 is 1.72 bits per heavy atom. The molecule has 3 rings (SSSR count). The van der Waals surface area contributed by atoms with Crippen molar-refractivity contribution in [1.29, 1.82) is 0 Å². The van der Waals surface area contributed by atoms with E-state index in [9.17, 15) is 4.79 Å². The normalized spacial score (nSPS) is 14.7. The third-order valence-electron chi connectivity index (χ3n) is 5.73. The highest BCUT2D eigenvalue weighted by Gasteiger charge is 2.23. The molecule has 7 heteroatoms. The quantitative estimate of drug-likeness (QED) is 0.232. The maximum Gasteiger partial charge on any atom is 0.342 e. The number of allylic oxidation sites excluding steroid dienone is 2. The summed E-state index contributed by atoms with van der Waals surface area (Å²) in [5, 5.41) is 0. The van der Waals surface area contributed by atoms with Crippen LogP contribution in [-0.4, -0.2) is 54.7 Å². The zero-order valence-corrected chi connectivity index (χ0v) is 21.6. The fourth-order valence-electron chi connectivity index (χ4n) is 4.06. The molecule has 2 heterocycles. The number of ether oxygens (including phenoxy) is 3. The first-order chi connectivity index (χ1) is 17.4. The molecule has 0 saturated carbocycles. The molecule has 1 saturated heterocycles. The van der Waals surface area contributed by atoms with Gasteiger partial charge >= 0.3 is 5.97 Å². The smallest absolute Gasteiger partial charge is 0.342 e.